The first-order valence-electron chi connectivity index (χ1n) is 6.78. The zero-order chi connectivity index (χ0) is 13.0. The Morgan fingerprint density at radius 2 is 2.00 bits per heavy atom. The fraction of sp³-hybridized carbons (Fsp3) is 0.600. The molecule has 1 saturated carbocycles. The van der Waals surface area contributed by atoms with Crippen molar-refractivity contribution in [1.82, 2.24) is 5.32 Å². The van der Waals surface area contributed by atoms with Crippen LogP contribution < -0.4 is 10.1 Å². The third kappa shape index (κ3) is 3.48. The van der Waals surface area contributed by atoms with Crippen LogP contribution in [0.1, 0.15) is 33.1 Å². The summed E-state index contributed by atoms with van der Waals surface area (Å²) in [6.07, 6.45) is 3.83. The molecule has 1 N–H and O–H groups in total. The lowest BCUT2D eigenvalue weighted by molar-refractivity contribution is 0.239. The summed E-state index contributed by atoms with van der Waals surface area (Å²) in [5.41, 5.74) is 0.491. The van der Waals surface area contributed by atoms with Crippen LogP contribution in [0.2, 0.25) is 0 Å². The first-order chi connectivity index (χ1) is 8.66. The highest BCUT2D eigenvalue weighted by molar-refractivity contribution is 9.10. The summed E-state index contributed by atoms with van der Waals surface area (Å²) in [6.45, 7) is 6.34. The van der Waals surface area contributed by atoms with Crippen molar-refractivity contribution >= 4 is 15.9 Å². The van der Waals surface area contributed by atoms with E-state index < -0.39 is 0 Å². The van der Waals surface area contributed by atoms with Crippen molar-refractivity contribution in [2.75, 3.05) is 13.2 Å². The number of nitrogens with one attached hydrogen (secondary N) is 1. The van der Waals surface area contributed by atoms with Crippen molar-refractivity contribution in [3.63, 3.8) is 0 Å². The lowest BCUT2D eigenvalue weighted by Gasteiger charge is -2.24. The predicted molar refractivity (Wildman–Crippen MR) is 79.1 cm³/mol. The summed E-state index contributed by atoms with van der Waals surface area (Å²) in [6, 6.07) is 8.66. The van der Waals surface area contributed by atoms with E-state index in [0.717, 1.165) is 29.8 Å². The van der Waals surface area contributed by atoms with Crippen molar-refractivity contribution < 1.29 is 4.74 Å². The van der Waals surface area contributed by atoms with Crippen LogP contribution in [0.15, 0.2) is 28.7 Å². The summed E-state index contributed by atoms with van der Waals surface area (Å²) in [4.78, 5) is 0. The smallest absolute Gasteiger partial charge is 0.119 e. The predicted octanol–water partition coefficient (Wildman–Crippen LogP) is 4.00. The molecule has 1 aromatic rings. The van der Waals surface area contributed by atoms with Gasteiger partial charge in [0, 0.05) is 10.5 Å². The van der Waals surface area contributed by atoms with Gasteiger partial charge in [0.05, 0.1) is 6.61 Å². The molecular weight excluding hydrogens is 290 g/mol. The molecule has 100 valence electrons. The molecule has 2 nitrogen and oxygen atoms in total. The fourth-order valence-electron chi connectivity index (χ4n) is 2.49. The van der Waals surface area contributed by atoms with Gasteiger partial charge in [0.25, 0.3) is 0 Å². The van der Waals surface area contributed by atoms with E-state index in [2.05, 4.69) is 35.1 Å². The molecule has 18 heavy (non-hydrogen) atoms. The maximum absolute atomic E-state index is 5.82. The van der Waals surface area contributed by atoms with E-state index in [4.69, 9.17) is 4.74 Å². The van der Waals surface area contributed by atoms with Gasteiger partial charge >= 0.3 is 0 Å². The van der Waals surface area contributed by atoms with Crippen molar-refractivity contribution in [3.05, 3.63) is 28.7 Å². The quantitative estimate of drug-likeness (QED) is 0.822. The summed E-state index contributed by atoms with van der Waals surface area (Å²) >= 11 is 3.43. The largest absolute Gasteiger partial charge is 0.494 e. The van der Waals surface area contributed by atoms with Crippen LogP contribution in [-0.4, -0.2) is 19.2 Å². The van der Waals surface area contributed by atoms with Crippen LogP contribution in [0.5, 0.6) is 5.75 Å². The zero-order valence-corrected chi connectivity index (χ0v) is 12.8. The van der Waals surface area contributed by atoms with Crippen LogP contribution in [-0.2, 0) is 0 Å². The molecule has 1 aromatic carbocycles. The van der Waals surface area contributed by atoms with Crippen LogP contribution >= 0.6 is 15.9 Å². The van der Waals surface area contributed by atoms with Crippen LogP contribution in [0.3, 0.4) is 0 Å². The SMILES string of the molecule is CCNC(C)C1(CCOc2ccc(Br)cc2)CC1. The third-order valence-electron chi connectivity index (χ3n) is 4.00. The number of hydrogen-bond donors (Lipinski definition) is 1. The first-order valence-corrected chi connectivity index (χ1v) is 7.57. The molecule has 0 saturated heterocycles. The van der Waals surface area contributed by atoms with Gasteiger partial charge in [0.1, 0.15) is 5.75 Å². The normalized spacial score (nSPS) is 18.4. The van der Waals surface area contributed by atoms with Gasteiger partial charge in [-0.1, -0.05) is 22.9 Å². The van der Waals surface area contributed by atoms with Crippen molar-refractivity contribution in [1.29, 1.82) is 0 Å². The first kappa shape index (κ1) is 13.9. The van der Waals surface area contributed by atoms with Crippen molar-refractivity contribution in [2.45, 2.75) is 39.2 Å². The van der Waals surface area contributed by atoms with Gasteiger partial charge in [-0.25, -0.2) is 0 Å². The number of benzene rings is 1. The standard InChI is InChI=1S/C15H22BrNO/c1-3-17-12(2)15(8-9-15)10-11-18-14-6-4-13(16)5-7-14/h4-7,12,17H,3,8-11H2,1-2H3. The molecular formula is C15H22BrNO. The second kappa shape index (κ2) is 6.07. The van der Waals surface area contributed by atoms with E-state index in [9.17, 15) is 0 Å². The minimum atomic E-state index is 0.491. The average molecular weight is 312 g/mol. The topological polar surface area (TPSA) is 21.3 Å². The molecule has 0 radical (unpaired) electrons. The Hall–Kier alpha value is -0.540. The van der Waals surface area contributed by atoms with E-state index in [1.54, 1.807) is 0 Å². The van der Waals surface area contributed by atoms with Crippen LogP contribution in [0.25, 0.3) is 0 Å². The highest BCUT2D eigenvalue weighted by Gasteiger charge is 2.46. The molecule has 0 spiro atoms. The summed E-state index contributed by atoms with van der Waals surface area (Å²) in [5.74, 6) is 0.963. The lowest BCUT2D eigenvalue weighted by Crippen LogP contribution is -2.35. The van der Waals surface area contributed by atoms with Gasteiger partial charge in [-0.15, -0.1) is 0 Å². The van der Waals surface area contributed by atoms with E-state index in [0.29, 0.717) is 11.5 Å². The number of rotatable bonds is 7. The highest BCUT2D eigenvalue weighted by Crippen LogP contribution is 2.51. The van der Waals surface area contributed by atoms with Crippen LogP contribution in [0.4, 0.5) is 0 Å². The van der Waals surface area contributed by atoms with Gasteiger partial charge < -0.3 is 10.1 Å². The highest BCUT2D eigenvalue weighted by atomic mass is 79.9. The summed E-state index contributed by atoms with van der Waals surface area (Å²) < 4.78 is 6.91. The molecule has 1 unspecified atom stereocenters. The molecule has 0 aliphatic heterocycles. The molecule has 0 bridgehead atoms. The van der Waals surface area contributed by atoms with E-state index >= 15 is 0 Å². The van der Waals surface area contributed by atoms with Crippen molar-refractivity contribution in [2.24, 2.45) is 5.41 Å². The molecule has 1 fully saturated rings. The van der Waals surface area contributed by atoms with Gasteiger partial charge in [-0.3, -0.25) is 0 Å². The number of hydrogen-bond acceptors (Lipinski definition) is 2. The molecule has 1 aliphatic carbocycles. The Bertz CT molecular complexity index is 373. The van der Waals surface area contributed by atoms with E-state index in [-0.39, 0.29) is 0 Å². The maximum Gasteiger partial charge on any atom is 0.119 e. The summed E-state index contributed by atoms with van der Waals surface area (Å²) in [7, 11) is 0. The molecule has 0 aromatic heterocycles. The zero-order valence-electron chi connectivity index (χ0n) is 11.2. The molecule has 0 heterocycles. The van der Waals surface area contributed by atoms with Gasteiger partial charge in [-0.2, -0.15) is 0 Å². The Balaban J connectivity index is 1.77. The van der Waals surface area contributed by atoms with Gasteiger partial charge in [0.15, 0.2) is 0 Å². The minimum absolute atomic E-state index is 0.491. The number of halogens is 1. The Morgan fingerprint density at radius 3 is 2.56 bits per heavy atom. The summed E-state index contributed by atoms with van der Waals surface area (Å²) in [5, 5.41) is 3.54. The van der Waals surface area contributed by atoms with E-state index in [1.165, 1.54) is 12.8 Å². The second-order valence-electron chi connectivity index (χ2n) is 5.19. The van der Waals surface area contributed by atoms with Gasteiger partial charge in [-0.05, 0) is 62.4 Å². The molecule has 3 heteroatoms. The fourth-order valence-corrected chi connectivity index (χ4v) is 2.75. The minimum Gasteiger partial charge on any atom is -0.494 e. The monoisotopic (exact) mass is 311 g/mol. The maximum atomic E-state index is 5.82. The van der Waals surface area contributed by atoms with Crippen molar-refractivity contribution in [3.8, 4) is 5.75 Å². The van der Waals surface area contributed by atoms with Crippen LogP contribution in [0, 0.1) is 5.41 Å². The number of ether oxygens (including phenoxy) is 1. The van der Waals surface area contributed by atoms with Gasteiger partial charge in [0.2, 0.25) is 0 Å². The molecule has 2 rings (SSSR count). The lowest BCUT2D eigenvalue weighted by atomic mass is 9.94. The Labute approximate surface area is 118 Å². The third-order valence-corrected chi connectivity index (χ3v) is 4.53. The molecule has 1 aliphatic rings. The molecule has 0 amide bonds. The second-order valence-corrected chi connectivity index (χ2v) is 6.11. The average Bonchev–Trinajstić information content (AvgIpc) is 3.13. The molecule has 1 atom stereocenters. The Morgan fingerprint density at radius 1 is 1.33 bits per heavy atom. The Kier molecular flexibility index (Phi) is 4.68. The van der Waals surface area contributed by atoms with E-state index in [1.807, 2.05) is 24.3 Å².